The molecule has 28 nitrogen and oxygen atoms in total. The molecule has 0 bridgehead atoms. The molecule has 1 aromatic rings. The number of carbonyl (C=O) groups is 6. The lowest BCUT2D eigenvalue weighted by atomic mass is 9.68. The molecule has 686 valence electrons. The van der Waals surface area contributed by atoms with Crippen molar-refractivity contribution in [3.8, 4) is 5.75 Å². The van der Waals surface area contributed by atoms with Gasteiger partial charge in [-0.05, 0) is 217 Å². The highest BCUT2D eigenvalue weighted by Gasteiger charge is 2.75. The smallest absolute Gasteiger partial charge is 0.460 e. The molecule has 6 aliphatic heterocycles. The van der Waals surface area contributed by atoms with Crippen LogP contribution in [-0.4, -0.2) is 267 Å². The summed E-state index contributed by atoms with van der Waals surface area (Å²) in [7, 11) is 17.1. The lowest BCUT2D eigenvalue weighted by Crippen LogP contribution is -2.55. The number of ether oxygens (including phenoxy) is 13. The Morgan fingerprint density at radius 3 is 1.18 bits per heavy atom. The second kappa shape index (κ2) is 46.3. The van der Waals surface area contributed by atoms with Gasteiger partial charge in [-0.3, -0.25) is 34.1 Å². The van der Waals surface area contributed by atoms with E-state index in [0.717, 1.165) is 77.5 Å². The molecule has 6 heterocycles. The molecule has 3 N–H and O–H groups in total. The molecular formula is C92H157N7O21. The lowest BCUT2D eigenvalue weighted by molar-refractivity contribution is -0.384. The Bertz CT molecular complexity index is 3380. The first kappa shape index (κ1) is 105. The van der Waals surface area contributed by atoms with Crippen LogP contribution in [0.2, 0.25) is 0 Å². The molecule has 2 unspecified atom stereocenters. The van der Waals surface area contributed by atoms with E-state index in [1.807, 2.05) is 76.9 Å². The van der Waals surface area contributed by atoms with E-state index in [-0.39, 0.29) is 175 Å². The van der Waals surface area contributed by atoms with Gasteiger partial charge in [-0.2, -0.15) is 0 Å². The van der Waals surface area contributed by atoms with Gasteiger partial charge in [-0.1, -0.05) is 113 Å². The second-order valence-electron chi connectivity index (χ2n) is 37.5. The average molecular weight is 1700 g/mol. The summed E-state index contributed by atoms with van der Waals surface area (Å²) in [6, 6.07) is 5.24. The van der Waals surface area contributed by atoms with Gasteiger partial charge < -0.3 is 92.2 Å². The second-order valence-corrected chi connectivity index (χ2v) is 37.5. The van der Waals surface area contributed by atoms with Gasteiger partial charge in [-0.25, -0.2) is 4.79 Å². The van der Waals surface area contributed by atoms with E-state index in [4.69, 9.17) is 61.6 Å². The van der Waals surface area contributed by atoms with Crippen LogP contribution in [0, 0.1) is 69.3 Å². The number of rotatable bonds is 39. The molecule has 120 heavy (non-hydrogen) atoms. The third-order valence-corrected chi connectivity index (χ3v) is 25.3. The summed E-state index contributed by atoms with van der Waals surface area (Å²) in [5.41, 5.74) is 0.396. The van der Waals surface area contributed by atoms with Gasteiger partial charge in [0.1, 0.15) is 82.1 Å². The Kier molecular flexibility index (Phi) is 40.3. The van der Waals surface area contributed by atoms with Crippen LogP contribution >= 0.6 is 0 Å². The molecule has 1 aromatic carbocycles. The van der Waals surface area contributed by atoms with Crippen molar-refractivity contribution < 1.29 is 95.3 Å². The molecule has 6 saturated heterocycles. The molecule has 21 atom stereocenters. The molecule has 0 radical (unpaired) electrons. The van der Waals surface area contributed by atoms with Crippen molar-refractivity contribution in [3.63, 3.8) is 0 Å². The molecule has 9 fully saturated rings. The lowest BCUT2D eigenvalue weighted by Gasteiger charge is -2.42. The molecule has 3 saturated carbocycles. The topological polar surface area (TPSA) is 331 Å². The average Bonchev–Trinajstić information content (AvgIpc) is 1.54. The van der Waals surface area contributed by atoms with Crippen molar-refractivity contribution in [1.29, 1.82) is 0 Å². The Morgan fingerprint density at radius 1 is 0.525 bits per heavy atom. The first-order valence-electron chi connectivity index (χ1n) is 43.3. The number of non-ortho nitro benzene ring substituents is 1. The van der Waals surface area contributed by atoms with Gasteiger partial charge in [-0.15, -0.1) is 0 Å². The van der Waals surface area contributed by atoms with Crippen LogP contribution in [-0.2, 0) is 80.8 Å². The van der Waals surface area contributed by atoms with Crippen LogP contribution in [0.25, 0.3) is 0 Å². The molecule has 9 aliphatic rings. The van der Waals surface area contributed by atoms with E-state index in [1.54, 1.807) is 21.3 Å². The molecule has 3 aliphatic carbocycles. The number of esters is 2. The summed E-state index contributed by atoms with van der Waals surface area (Å²) in [6.45, 7) is 39.7. The Labute approximate surface area is 719 Å². The van der Waals surface area contributed by atoms with Gasteiger partial charge in [0.15, 0.2) is 0 Å². The molecule has 3 amide bonds. The molecule has 28 heteroatoms. The molecule has 10 rings (SSSR count). The van der Waals surface area contributed by atoms with Crippen LogP contribution < -0.4 is 20.7 Å². The number of carbonyl (C=O) groups excluding carboxylic acids is 6. The van der Waals surface area contributed by atoms with Crippen LogP contribution in [0.15, 0.2) is 59.7 Å². The van der Waals surface area contributed by atoms with Crippen LogP contribution in [0.1, 0.15) is 209 Å². The number of amides is 3. The number of methoxy groups -OCH3 is 3. The van der Waals surface area contributed by atoms with Crippen molar-refractivity contribution in [2.45, 2.75) is 298 Å². The summed E-state index contributed by atoms with van der Waals surface area (Å²) in [4.78, 5) is 92.3. The zero-order valence-electron chi connectivity index (χ0n) is 76.0. The van der Waals surface area contributed by atoms with Gasteiger partial charge in [0.25, 0.3) is 5.69 Å². The number of benzene rings is 1. The van der Waals surface area contributed by atoms with Crippen molar-refractivity contribution >= 4 is 41.5 Å². The van der Waals surface area contributed by atoms with E-state index >= 15 is 0 Å². The monoisotopic (exact) mass is 1700 g/mol. The molecule has 0 aromatic heterocycles. The Morgan fingerprint density at radius 2 is 0.875 bits per heavy atom. The first-order valence-corrected chi connectivity index (χ1v) is 43.3. The molecule has 3 spiro atoms. The van der Waals surface area contributed by atoms with E-state index in [0.29, 0.717) is 64.0 Å². The number of epoxide rings is 6. The summed E-state index contributed by atoms with van der Waals surface area (Å²) in [6.07, 6.45) is 14.4. The van der Waals surface area contributed by atoms with Crippen molar-refractivity contribution in [2.75, 3.05) is 123 Å². The van der Waals surface area contributed by atoms with Crippen LogP contribution in [0.4, 0.5) is 10.5 Å². The third-order valence-electron chi connectivity index (χ3n) is 25.3. The van der Waals surface area contributed by atoms with E-state index in [2.05, 4.69) is 131 Å². The maximum Gasteiger partial charge on any atom is 0.514 e. The third kappa shape index (κ3) is 29.0. The summed E-state index contributed by atoms with van der Waals surface area (Å²) in [5, 5.41) is 19.7. The first-order chi connectivity index (χ1) is 55.5. The number of nitrogens with one attached hydrogen (secondary N) is 3. The minimum atomic E-state index is -0.879. The fourth-order valence-electron chi connectivity index (χ4n) is 17.6. The number of allylic oxidation sites excluding steroid dienone is 3. The number of hydrogen-bond donors (Lipinski definition) is 3. The minimum Gasteiger partial charge on any atom is -0.460 e. The Balaban J connectivity index is 0.000000295. The van der Waals surface area contributed by atoms with Crippen molar-refractivity contribution in [2.24, 2.45) is 59.2 Å². The zero-order chi connectivity index (χ0) is 87.6. The Hall–Kier alpha value is -6.02. The van der Waals surface area contributed by atoms with E-state index in [9.17, 15) is 38.9 Å². The summed E-state index contributed by atoms with van der Waals surface area (Å²) < 4.78 is 77.2. The zero-order valence-corrected chi connectivity index (χ0v) is 76.0. The van der Waals surface area contributed by atoms with Gasteiger partial charge in [0.05, 0.1) is 79.4 Å². The van der Waals surface area contributed by atoms with E-state index < -0.39 is 40.7 Å². The van der Waals surface area contributed by atoms with Gasteiger partial charge >= 0.3 is 18.1 Å². The standard InChI is InChI=1S/2C28H48N2O6.C23H29NO8.C11H24N2O.2CH4/c2*1-18(2)10-11-22-27(5,36-22)25-24(33-8)21(12-13-28(25)17-34-28)35-23(31)16-20(19(3)4)26(32)29-14-9-15-30(6)7;1-14(2)5-10-18-22(3,32-18)20-19(28-4)17(11-12-23(20)13-29-23)31-21(25)30-16-8-6-15(7-9-16)24(26)27;1-9(2)10(3)11(14)12-7-6-8-13(4)5;;/h2*10,19-22,24-25H,9,11-17H2,1-8H3,(H,29,32);5-10,14,17-20H,11-13H2,1-4H3;9-10H,6-8H2,1-5H3,(H,12,14);2*1H4/b;;10-5+;;;/t20-,21-,22-,24-,25?,27+,28+;20-,21-,22-,24-,25-,27+,28+;17-,18-,19-,20?,22+,23+;10-;;/m1110../s1. The van der Waals surface area contributed by atoms with Gasteiger partial charge in [0.2, 0.25) is 17.7 Å². The van der Waals surface area contributed by atoms with Crippen molar-refractivity contribution in [1.82, 2.24) is 30.7 Å². The maximum absolute atomic E-state index is 13.1. The quantitative estimate of drug-likeness (QED) is 0.00805. The normalized spacial score (nSPS) is 31.5. The SMILES string of the molecule is C.C.CC(C)[C@H](C)C(=O)NCCCN(C)C.CO[C@@H]1[C@H](OC(=O)C[C@@H](C(=O)NCCCN(C)C)C(C)C)CC[C@]2(CO2)[C@H]1[C@@]1(C)O[C@@H]1CC=C(C)C.CO[C@H]1C([C@@]2(C)O[C@@H]2/C=C/C(C)C)[C@]2(CC[C@H]1OC(=O)Oc1ccc([N+](=O)[O-])cc1)CO2.CO[C@H]1C([C@@]2(C)O[C@@H]2CC=C(C)C)[C@]2(CC[C@H]1OC(=O)C[C@@H](C(=O)NCCCN(C)C)C(C)C)CO2. The number of nitrogens with zero attached hydrogens (tertiary/aromatic N) is 4. The number of nitro groups is 1. The fourth-order valence-corrected chi connectivity index (χ4v) is 17.6. The predicted molar refractivity (Wildman–Crippen MR) is 464 cm³/mol. The van der Waals surface area contributed by atoms with Gasteiger partial charge in [0, 0.05) is 59.0 Å². The highest BCUT2D eigenvalue weighted by Crippen LogP contribution is 2.63. The maximum atomic E-state index is 13.1. The fraction of sp³-hybridized carbons (Fsp3) is 0.804. The molecular weight excluding hydrogens is 1540 g/mol. The summed E-state index contributed by atoms with van der Waals surface area (Å²) in [5.74, 6) is -0.486. The van der Waals surface area contributed by atoms with Crippen LogP contribution in [0.3, 0.4) is 0 Å². The number of hydrogen-bond acceptors (Lipinski definition) is 24. The summed E-state index contributed by atoms with van der Waals surface area (Å²) >= 11 is 0. The minimum absolute atomic E-state index is 0. The number of nitro benzene ring substituents is 1. The predicted octanol–water partition coefficient (Wildman–Crippen LogP) is 13.3. The highest BCUT2D eigenvalue weighted by atomic mass is 16.7. The van der Waals surface area contributed by atoms with Crippen LogP contribution in [0.5, 0.6) is 5.75 Å². The van der Waals surface area contributed by atoms with E-state index in [1.165, 1.54) is 35.4 Å². The van der Waals surface area contributed by atoms with Crippen molar-refractivity contribution in [3.05, 3.63) is 69.8 Å². The highest BCUT2D eigenvalue weighted by molar-refractivity contribution is 5.85. The largest absolute Gasteiger partial charge is 0.514 e.